The van der Waals surface area contributed by atoms with Crippen LogP contribution in [0.4, 0.5) is 0 Å². The second-order valence-electron chi connectivity index (χ2n) is 6.20. The van der Waals surface area contributed by atoms with E-state index in [1.165, 1.54) is 27.1 Å². The maximum absolute atomic E-state index is 4.16. The van der Waals surface area contributed by atoms with Gasteiger partial charge in [0.15, 0.2) is 0 Å². The Kier molecular flexibility index (Phi) is 3.86. The normalized spacial score (nSPS) is 17.4. The van der Waals surface area contributed by atoms with E-state index in [1.807, 2.05) is 0 Å². The second kappa shape index (κ2) is 6.15. The second-order valence-corrected chi connectivity index (χ2v) is 6.20. The fourth-order valence-corrected chi connectivity index (χ4v) is 3.78. The van der Waals surface area contributed by atoms with E-state index in [4.69, 9.17) is 0 Å². The van der Waals surface area contributed by atoms with Crippen LogP contribution in [-0.2, 0) is 0 Å². The number of nitrogens with one attached hydrogen (secondary N) is 1. The molecule has 4 rings (SSSR count). The molecule has 3 aromatic rings. The van der Waals surface area contributed by atoms with Gasteiger partial charge >= 0.3 is 0 Å². The molecule has 1 N–H and O–H groups in total. The van der Waals surface area contributed by atoms with Crippen LogP contribution in [0.25, 0.3) is 21.5 Å². The third kappa shape index (κ3) is 2.54. The zero-order chi connectivity index (χ0) is 15.6. The molecule has 3 aromatic carbocycles. The number of hydrogen-bond donors (Lipinski definition) is 1. The van der Waals surface area contributed by atoms with Gasteiger partial charge in [0, 0.05) is 26.2 Å². The van der Waals surface area contributed by atoms with Crippen molar-refractivity contribution in [1.82, 2.24) is 10.2 Å². The lowest BCUT2D eigenvalue weighted by atomic mass is 9.91. The molecule has 1 saturated heterocycles. The van der Waals surface area contributed by atoms with E-state index in [2.05, 4.69) is 77.5 Å². The molecule has 2 heteroatoms. The molecule has 1 aliphatic rings. The molecule has 0 aliphatic carbocycles. The van der Waals surface area contributed by atoms with Crippen LogP contribution in [0.3, 0.4) is 0 Å². The van der Waals surface area contributed by atoms with Crippen molar-refractivity contribution in [3.05, 3.63) is 72.8 Å². The molecule has 0 radical (unpaired) electrons. The summed E-state index contributed by atoms with van der Waals surface area (Å²) in [7, 11) is 0. The van der Waals surface area contributed by atoms with Crippen molar-refractivity contribution in [1.29, 1.82) is 0 Å². The van der Waals surface area contributed by atoms with Gasteiger partial charge in [-0.05, 0) is 33.2 Å². The summed E-state index contributed by atoms with van der Waals surface area (Å²) < 4.78 is 0. The first-order valence-electron chi connectivity index (χ1n) is 8.36. The molecule has 0 aromatic heterocycles. The standard InChI is InChI=1S/C21H22N2/c1-2-20(23-13-11-22-12-14-23)21-18-9-5-3-7-16(18)15-17-8-4-6-10-19(17)21/h2-10,15,20,22H,1,11-14H2/t20-/m1/s1. The molecule has 0 spiro atoms. The molecule has 1 fully saturated rings. The highest BCUT2D eigenvalue weighted by atomic mass is 15.2. The number of hydrogen-bond acceptors (Lipinski definition) is 2. The van der Waals surface area contributed by atoms with Crippen LogP contribution in [0.15, 0.2) is 67.3 Å². The van der Waals surface area contributed by atoms with Gasteiger partial charge in [-0.25, -0.2) is 0 Å². The first-order valence-corrected chi connectivity index (χ1v) is 8.36. The first kappa shape index (κ1) is 14.4. The van der Waals surface area contributed by atoms with E-state index in [0.717, 1.165) is 26.2 Å². The molecule has 0 unspecified atom stereocenters. The summed E-state index contributed by atoms with van der Waals surface area (Å²) in [5.41, 5.74) is 1.40. The minimum absolute atomic E-state index is 0.258. The van der Waals surface area contributed by atoms with Crippen LogP contribution in [0.1, 0.15) is 11.6 Å². The monoisotopic (exact) mass is 302 g/mol. The Morgan fingerprint density at radius 1 is 0.913 bits per heavy atom. The van der Waals surface area contributed by atoms with Crippen molar-refractivity contribution in [3.63, 3.8) is 0 Å². The van der Waals surface area contributed by atoms with Gasteiger partial charge in [0.05, 0.1) is 6.04 Å². The van der Waals surface area contributed by atoms with Crippen LogP contribution in [0, 0.1) is 0 Å². The number of rotatable bonds is 3. The van der Waals surface area contributed by atoms with E-state index in [-0.39, 0.29) is 6.04 Å². The average molecular weight is 302 g/mol. The summed E-state index contributed by atoms with van der Waals surface area (Å²) in [4.78, 5) is 2.54. The van der Waals surface area contributed by atoms with E-state index < -0.39 is 0 Å². The molecular formula is C21H22N2. The quantitative estimate of drug-likeness (QED) is 0.578. The minimum atomic E-state index is 0.258. The maximum Gasteiger partial charge on any atom is 0.0542 e. The van der Waals surface area contributed by atoms with E-state index in [0.29, 0.717) is 0 Å². The summed E-state index contributed by atoms with van der Waals surface area (Å²) >= 11 is 0. The Bertz CT molecular complexity index is 793. The molecule has 1 heterocycles. The molecule has 116 valence electrons. The highest BCUT2D eigenvalue weighted by Crippen LogP contribution is 2.36. The molecule has 1 atom stereocenters. The minimum Gasteiger partial charge on any atom is -0.314 e. The largest absolute Gasteiger partial charge is 0.314 e. The molecule has 1 aliphatic heterocycles. The lowest BCUT2D eigenvalue weighted by Gasteiger charge is -2.34. The number of nitrogens with zero attached hydrogens (tertiary/aromatic N) is 1. The zero-order valence-corrected chi connectivity index (χ0v) is 13.3. The van der Waals surface area contributed by atoms with Gasteiger partial charge in [-0.3, -0.25) is 4.90 Å². The Hall–Kier alpha value is -2.16. The number of benzene rings is 3. The molecular weight excluding hydrogens is 280 g/mol. The third-order valence-electron chi connectivity index (χ3n) is 4.88. The molecule has 0 bridgehead atoms. The van der Waals surface area contributed by atoms with Gasteiger partial charge in [0.25, 0.3) is 0 Å². The Labute approximate surface area is 137 Å². The fraction of sp³-hybridized carbons (Fsp3) is 0.238. The highest BCUT2D eigenvalue weighted by Gasteiger charge is 2.23. The van der Waals surface area contributed by atoms with Crippen molar-refractivity contribution in [2.45, 2.75) is 6.04 Å². The summed E-state index contributed by atoms with van der Waals surface area (Å²) in [6, 6.07) is 20.0. The van der Waals surface area contributed by atoms with Crippen LogP contribution in [0.2, 0.25) is 0 Å². The van der Waals surface area contributed by atoms with Gasteiger partial charge in [-0.1, -0.05) is 54.6 Å². The van der Waals surface area contributed by atoms with Crippen molar-refractivity contribution < 1.29 is 0 Å². The predicted molar refractivity (Wildman–Crippen MR) is 98.8 cm³/mol. The Morgan fingerprint density at radius 2 is 1.48 bits per heavy atom. The van der Waals surface area contributed by atoms with Gasteiger partial charge in [0.2, 0.25) is 0 Å². The third-order valence-corrected chi connectivity index (χ3v) is 4.88. The van der Waals surface area contributed by atoms with Crippen LogP contribution in [-0.4, -0.2) is 31.1 Å². The van der Waals surface area contributed by atoms with E-state index in [9.17, 15) is 0 Å². The van der Waals surface area contributed by atoms with E-state index in [1.54, 1.807) is 0 Å². The summed E-state index contributed by atoms with van der Waals surface area (Å²) in [6.07, 6.45) is 2.11. The van der Waals surface area contributed by atoms with Crippen LogP contribution >= 0.6 is 0 Å². The number of piperazine rings is 1. The van der Waals surface area contributed by atoms with Gasteiger partial charge in [-0.15, -0.1) is 6.58 Å². The smallest absolute Gasteiger partial charge is 0.0542 e. The van der Waals surface area contributed by atoms with Gasteiger partial charge in [0.1, 0.15) is 0 Å². The average Bonchev–Trinajstić information content (AvgIpc) is 2.62. The van der Waals surface area contributed by atoms with Crippen molar-refractivity contribution in [3.8, 4) is 0 Å². The predicted octanol–water partition coefficient (Wildman–Crippen LogP) is 4.13. The van der Waals surface area contributed by atoms with Gasteiger partial charge in [-0.2, -0.15) is 0 Å². The molecule has 23 heavy (non-hydrogen) atoms. The van der Waals surface area contributed by atoms with Crippen LogP contribution < -0.4 is 5.32 Å². The Morgan fingerprint density at radius 3 is 2.04 bits per heavy atom. The highest BCUT2D eigenvalue weighted by molar-refractivity contribution is 6.02. The summed E-state index contributed by atoms with van der Waals surface area (Å²) in [6.45, 7) is 8.39. The molecule has 0 amide bonds. The maximum atomic E-state index is 4.16. The van der Waals surface area contributed by atoms with Crippen molar-refractivity contribution in [2.75, 3.05) is 26.2 Å². The summed E-state index contributed by atoms with van der Waals surface area (Å²) in [5, 5.41) is 8.75. The zero-order valence-electron chi connectivity index (χ0n) is 13.3. The van der Waals surface area contributed by atoms with Gasteiger partial charge < -0.3 is 5.32 Å². The SMILES string of the molecule is C=C[C@H](c1c2ccccc2cc2ccccc12)N1CCNCC1. The van der Waals surface area contributed by atoms with Crippen molar-refractivity contribution in [2.24, 2.45) is 0 Å². The summed E-state index contributed by atoms with van der Waals surface area (Å²) in [5.74, 6) is 0. The van der Waals surface area contributed by atoms with E-state index >= 15 is 0 Å². The first-order chi connectivity index (χ1) is 11.4. The fourth-order valence-electron chi connectivity index (χ4n) is 3.78. The molecule has 2 nitrogen and oxygen atoms in total. The molecule has 0 saturated carbocycles. The Balaban J connectivity index is 1.99. The lowest BCUT2D eigenvalue weighted by Crippen LogP contribution is -2.44. The number of fused-ring (bicyclic) bond motifs is 2. The topological polar surface area (TPSA) is 15.3 Å². The van der Waals surface area contributed by atoms with Crippen LogP contribution in [0.5, 0.6) is 0 Å². The van der Waals surface area contributed by atoms with Crippen molar-refractivity contribution >= 4 is 21.5 Å². The lowest BCUT2D eigenvalue weighted by molar-refractivity contribution is 0.205.